The van der Waals surface area contributed by atoms with Gasteiger partial charge in [-0.15, -0.1) is 0 Å². The third-order valence-corrected chi connectivity index (χ3v) is 15.1. The SMILES string of the molecule is CCCCCCCCCC/C=C\CCCCCCCCCCCCCCCC(=O)NC(COC1OC(CO)C(O)C(O)C1O)C(O)/C=C/CC/C=C/CC/C=C/CCCCCCCCCCCCCCCCCC. The lowest BCUT2D eigenvalue weighted by Gasteiger charge is -2.40. The highest BCUT2D eigenvalue weighted by atomic mass is 16.7. The van der Waals surface area contributed by atoms with E-state index in [0.717, 1.165) is 44.9 Å². The molecule has 1 amide bonds. The van der Waals surface area contributed by atoms with Crippen LogP contribution in [0.1, 0.15) is 303 Å². The molecule has 6 N–H and O–H groups in total. The van der Waals surface area contributed by atoms with Crippen LogP contribution in [0.25, 0.3) is 0 Å². The Labute approximate surface area is 456 Å². The minimum absolute atomic E-state index is 0.188. The number of unbranched alkanes of at least 4 members (excludes halogenated alkanes) is 39. The summed E-state index contributed by atoms with van der Waals surface area (Å²) >= 11 is 0. The van der Waals surface area contributed by atoms with E-state index in [0.29, 0.717) is 6.42 Å². The summed E-state index contributed by atoms with van der Waals surface area (Å²) in [5.74, 6) is -0.188. The molecule has 74 heavy (non-hydrogen) atoms. The molecule has 0 radical (unpaired) electrons. The fourth-order valence-electron chi connectivity index (χ4n) is 10.1. The predicted octanol–water partition coefficient (Wildman–Crippen LogP) is 16.5. The van der Waals surface area contributed by atoms with E-state index in [1.54, 1.807) is 6.08 Å². The number of carbonyl (C=O) groups excluding carboxylic acids is 1. The average Bonchev–Trinajstić information content (AvgIpc) is 3.40. The van der Waals surface area contributed by atoms with Crippen molar-refractivity contribution in [3.05, 3.63) is 48.6 Å². The summed E-state index contributed by atoms with van der Waals surface area (Å²) in [5.41, 5.74) is 0. The number of hydrogen-bond acceptors (Lipinski definition) is 8. The van der Waals surface area contributed by atoms with Crippen LogP contribution in [-0.2, 0) is 14.3 Å². The smallest absolute Gasteiger partial charge is 0.220 e. The van der Waals surface area contributed by atoms with Gasteiger partial charge in [-0.1, -0.05) is 274 Å². The van der Waals surface area contributed by atoms with Gasteiger partial charge in [-0.05, 0) is 70.6 Å². The lowest BCUT2D eigenvalue weighted by atomic mass is 9.99. The van der Waals surface area contributed by atoms with Crippen LogP contribution < -0.4 is 5.32 Å². The minimum atomic E-state index is -1.58. The highest BCUT2D eigenvalue weighted by Crippen LogP contribution is 2.23. The van der Waals surface area contributed by atoms with Gasteiger partial charge in [-0.2, -0.15) is 0 Å². The summed E-state index contributed by atoms with van der Waals surface area (Å²) < 4.78 is 11.3. The van der Waals surface area contributed by atoms with Gasteiger partial charge < -0.3 is 40.3 Å². The molecule has 9 heteroatoms. The quantitative estimate of drug-likeness (QED) is 0.0261. The predicted molar refractivity (Wildman–Crippen MR) is 313 cm³/mol. The van der Waals surface area contributed by atoms with Gasteiger partial charge in [-0.25, -0.2) is 0 Å². The first-order valence-electron chi connectivity index (χ1n) is 31.9. The molecule has 0 aromatic heterocycles. The highest BCUT2D eigenvalue weighted by Gasteiger charge is 2.44. The zero-order chi connectivity index (χ0) is 53.6. The normalized spacial score (nSPS) is 19.3. The van der Waals surface area contributed by atoms with Gasteiger partial charge in [0.1, 0.15) is 24.4 Å². The van der Waals surface area contributed by atoms with E-state index in [9.17, 15) is 30.3 Å². The molecule has 1 fully saturated rings. The van der Waals surface area contributed by atoms with Gasteiger partial charge in [-0.3, -0.25) is 4.79 Å². The summed E-state index contributed by atoms with van der Waals surface area (Å²) in [7, 11) is 0. The first-order valence-corrected chi connectivity index (χ1v) is 31.9. The highest BCUT2D eigenvalue weighted by molar-refractivity contribution is 5.76. The maximum atomic E-state index is 13.1. The van der Waals surface area contributed by atoms with Crippen molar-refractivity contribution in [2.24, 2.45) is 0 Å². The Bertz CT molecular complexity index is 1300. The number of rotatable bonds is 55. The molecule has 1 aliphatic rings. The number of carbonyl (C=O) groups is 1. The summed E-state index contributed by atoms with van der Waals surface area (Å²) in [6, 6.07) is -0.830. The Morgan fingerprint density at radius 3 is 1.14 bits per heavy atom. The second kappa shape index (κ2) is 54.5. The molecule has 1 aliphatic heterocycles. The van der Waals surface area contributed by atoms with Crippen molar-refractivity contribution < 1.29 is 39.8 Å². The van der Waals surface area contributed by atoms with Crippen molar-refractivity contribution in [2.45, 2.75) is 346 Å². The summed E-state index contributed by atoms with van der Waals surface area (Å²) in [6.07, 6.45) is 66.3. The zero-order valence-corrected chi connectivity index (χ0v) is 48.4. The standard InChI is InChI=1S/C65H121NO8/c1-3-5-7-9-11-13-15-17-19-21-23-25-27-29-31-32-34-36-38-40-42-44-46-48-50-52-54-59(68)58(57-73-65-64(72)63(71)62(70)60(56-67)74-65)66-61(69)55-53-51-49-47-45-43-41-39-37-35-33-30-28-26-24-22-20-18-16-14-12-10-8-6-4-2/h22,24,36,38,44,46,52,54,58-60,62-65,67-68,70-72H,3-21,23,25-35,37,39-43,45,47-51,53,55-57H2,1-2H3,(H,66,69)/b24-22-,38-36+,46-44+,54-52+. The van der Waals surface area contributed by atoms with Crippen LogP contribution in [-0.4, -0.2) is 87.5 Å². The van der Waals surface area contributed by atoms with E-state index in [4.69, 9.17) is 9.47 Å². The molecular weight excluding hydrogens is 923 g/mol. The largest absolute Gasteiger partial charge is 0.394 e. The second-order valence-electron chi connectivity index (χ2n) is 22.2. The molecule has 9 nitrogen and oxygen atoms in total. The molecule has 1 saturated heterocycles. The third-order valence-electron chi connectivity index (χ3n) is 15.1. The van der Waals surface area contributed by atoms with Gasteiger partial charge in [0.15, 0.2) is 6.29 Å². The van der Waals surface area contributed by atoms with Crippen molar-refractivity contribution in [3.63, 3.8) is 0 Å². The fraction of sp³-hybridized carbons (Fsp3) is 0.862. The van der Waals surface area contributed by atoms with Gasteiger partial charge >= 0.3 is 0 Å². The van der Waals surface area contributed by atoms with Crippen LogP contribution in [0.3, 0.4) is 0 Å². The summed E-state index contributed by atoms with van der Waals surface area (Å²) in [6.45, 7) is 3.79. The van der Waals surface area contributed by atoms with E-state index < -0.39 is 49.5 Å². The fourth-order valence-corrected chi connectivity index (χ4v) is 10.1. The number of aliphatic hydroxyl groups is 5. The zero-order valence-electron chi connectivity index (χ0n) is 48.4. The number of ether oxygens (including phenoxy) is 2. The molecule has 0 aromatic carbocycles. The molecule has 1 rings (SSSR count). The monoisotopic (exact) mass is 1040 g/mol. The molecule has 434 valence electrons. The van der Waals surface area contributed by atoms with E-state index in [1.807, 2.05) is 6.08 Å². The Morgan fingerprint density at radius 1 is 0.446 bits per heavy atom. The number of nitrogens with one attached hydrogen (secondary N) is 1. The molecule has 0 aromatic rings. The Kier molecular flexibility index (Phi) is 51.7. The van der Waals surface area contributed by atoms with E-state index in [-0.39, 0.29) is 12.5 Å². The molecule has 0 spiro atoms. The van der Waals surface area contributed by atoms with Crippen molar-refractivity contribution in [1.29, 1.82) is 0 Å². The van der Waals surface area contributed by atoms with Crippen LogP contribution in [0.2, 0.25) is 0 Å². The van der Waals surface area contributed by atoms with Crippen molar-refractivity contribution >= 4 is 5.91 Å². The summed E-state index contributed by atoms with van der Waals surface area (Å²) in [4.78, 5) is 13.1. The average molecular weight is 1040 g/mol. The topological polar surface area (TPSA) is 149 Å². The van der Waals surface area contributed by atoms with Crippen molar-refractivity contribution in [2.75, 3.05) is 13.2 Å². The first-order chi connectivity index (χ1) is 36.3. The van der Waals surface area contributed by atoms with Crippen LogP contribution in [0.15, 0.2) is 48.6 Å². The van der Waals surface area contributed by atoms with Crippen LogP contribution in [0.4, 0.5) is 0 Å². The maximum absolute atomic E-state index is 13.1. The molecule has 0 aliphatic carbocycles. The number of hydrogen-bond donors (Lipinski definition) is 6. The molecule has 1 heterocycles. The van der Waals surface area contributed by atoms with E-state index >= 15 is 0 Å². The van der Waals surface area contributed by atoms with Crippen molar-refractivity contribution in [3.8, 4) is 0 Å². The van der Waals surface area contributed by atoms with Crippen LogP contribution in [0.5, 0.6) is 0 Å². The van der Waals surface area contributed by atoms with Crippen LogP contribution in [0, 0.1) is 0 Å². The van der Waals surface area contributed by atoms with E-state index in [1.165, 1.54) is 238 Å². The lowest BCUT2D eigenvalue weighted by Crippen LogP contribution is -2.60. The lowest BCUT2D eigenvalue weighted by molar-refractivity contribution is -0.302. The van der Waals surface area contributed by atoms with Gasteiger partial charge in [0.25, 0.3) is 0 Å². The van der Waals surface area contributed by atoms with Crippen molar-refractivity contribution in [1.82, 2.24) is 5.32 Å². The van der Waals surface area contributed by atoms with Gasteiger partial charge in [0.2, 0.25) is 5.91 Å². The number of amides is 1. The molecule has 0 bridgehead atoms. The van der Waals surface area contributed by atoms with Gasteiger partial charge in [0.05, 0.1) is 25.4 Å². The Hall–Kier alpha value is -1.85. The maximum Gasteiger partial charge on any atom is 0.220 e. The Morgan fingerprint density at radius 2 is 0.770 bits per heavy atom. The van der Waals surface area contributed by atoms with Crippen LogP contribution >= 0.6 is 0 Å². The third kappa shape index (κ3) is 43.2. The Balaban J connectivity index is 2.22. The number of allylic oxidation sites excluding steroid dienone is 7. The first kappa shape index (κ1) is 70.2. The minimum Gasteiger partial charge on any atom is -0.394 e. The molecule has 0 saturated carbocycles. The van der Waals surface area contributed by atoms with E-state index in [2.05, 4.69) is 55.6 Å². The molecule has 7 atom stereocenters. The number of aliphatic hydroxyl groups excluding tert-OH is 5. The summed E-state index contributed by atoms with van der Waals surface area (Å²) in [5, 5.41) is 54.6. The molecular formula is C65H121NO8. The molecule has 7 unspecified atom stereocenters. The second-order valence-corrected chi connectivity index (χ2v) is 22.2. The van der Waals surface area contributed by atoms with Gasteiger partial charge in [0, 0.05) is 6.42 Å².